The average molecular weight is 373 g/mol. The van der Waals surface area contributed by atoms with Crippen molar-refractivity contribution < 1.29 is 8.78 Å². The second kappa shape index (κ2) is 8.17. The van der Waals surface area contributed by atoms with Crippen molar-refractivity contribution in [1.82, 2.24) is 14.9 Å². The molecule has 7 heteroatoms. The molecular formula is C20H25F2N5. The van der Waals surface area contributed by atoms with Crippen LogP contribution in [0.4, 0.5) is 20.3 Å². The summed E-state index contributed by atoms with van der Waals surface area (Å²) in [6, 6.07) is 3.80. The van der Waals surface area contributed by atoms with Crippen molar-refractivity contribution >= 4 is 11.5 Å². The number of nitrogens with zero attached hydrogens (tertiary/aromatic N) is 4. The summed E-state index contributed by atoms with van der Waals surface area (Å²) in [5.41, 5.74) is 2.95. The molecule has 0 amide bonds. The smallest absolute Gasteiger partial charge is 0.149 e. The predicted octanol–water partition coefficient (Wildman–Crippen LogP) is 2.87. The highest BCUT2D eigenvalue weighted by Crippen LogP contribution is 2.24. The second-order valence-electron chi connectivity index (χ2n) is 7.21. The molecule has 1 aromatic carbocycles. The maximum absolute atomic E-state index is 13.9. The molecule has 2 heterocycles. The lowest BCUT2D eigenvalue weighted by molar-refractivity contribution is 0.266. The molecular weight excluding hydrogens is 348 g/mol. The molecule has 4 rings (SSSR count). The van der Waals surface area contributed by atoms with Crippen LogP contribution in [-0.2, 0) is 12.8 Å². The fourth-order valence-electron chi connectivity index (χ4n) is 3.96. The molecule has 0 bridgehead atoms. The number of fused-ring (bicyclic) bond motifs is 1. The Morgan fingerprint density at radius 2 is 1.81 bits per heavy atom. The van der Waals surface area contributed by atoms with Crippen molar-refractivity contribution in [1.29, 1.82) is 0 Å². The highest BCUT2D eigenvalue weighted by atomic mass is 19.1. The van der Waals surface area contributed by atoms with Crippen molar-refractivity contribution in [3.05, 3.63) is 47.4 Å². The molecule has 1 saturated heterocycles. The topological polar surface area (TPSA) is 44.3 Å². The molecule has 0 unspecified atom stereocenters. The number of aryl methyl sites for hydroxylation is 1. The van der Waals surface area contributed by atoms with E-state index in [-0.39, 0.29) is 0 Å². The van der Waals surface area contributed by atoms with Gasteiger partial charge in [0, 0.05) is 56.6 Å². The number of aromatic nitrogens is 2. The zero-order chi connectivity index (χ0) is 18.6. The minimum absolute atomic E-state index is 0.487. The van der Waals surface area contributed by atoms with Gasteiger partial charge in [0.1, 0.15) is 23.8 Å². The Labute approximate surface area is 158 Å². The summed E-state index contributed by atoms with van der Waals surface area (Å²) < 4.78 is 27.0. The first-order valence-corrected chi connectivity index (χ1v) is 9.70. The van der Waals surface area contributed by atoms with Gasteiger partial charge in [-0.3, -0.25) is 4.90 Å². The molecule has 1 fully saturated rings. The van der Waals surface area contributed by atoms with Gasteiger partial charge < -0.3 is 10.2 Å². The van der Waals surface area contributed by atoms with Crippen molar-refractivity contribution in [2.45, 2.75) is 25.7 Å². The van der Waals surface area contributed by atoms with E-state index in [1.54, 1.807) is 6.33 Å². The molecule has 2 aromatic rings. The normalized spacial score (nSPS) is 17.6. The number of benzene rings is 1. The van der Waals surface area contributed by atoms with Crippen LogP contribution in [0.2, 0.25) is 0 Å². The van der Waals surface area contributed by atoms with E-state index >= 15 is 0 Å². The van der Waals surface area contributed by atoms with Crippen molar-refractivity contribution in [3.63, 3.8) is 0 Å². The highest BCUT2D eigenvalue weighted by molar-refractivity contribution is 5.48. The van der Waals surface area contributed by atoms with E-state index in [2.05, 4.69) is 20.2 Å². The van der Waals surface area contributed by atoms with E-state index in [0.717, 1.165) is 64.0 Å². The van der Waals surface area contributed by atoms with Crippen LogP contribution >= 0.6 is 0 Å². The molecule has 1 aromatic heterocycles. The van der Waals surface area contributed by atoms with Crippen LogP contribution < -0.4 is 10.2 Å². The number of nitrogens with one attached hydrogen (secondary N) is 1. The van der Waals surface area contributed by atoms with Gasteiger partial charge in [0.15, 0.2) is 0 Å². The van der Waals surface area contributed by atoms with E-state index in [0.29, 0.717) is 5.69 Å². The number of halogens is 2. The van der Waals surface area contributed by atoms with Crippen LogP contribution in [0.15, 0.2) is 24.5 Å². The van der Waals surface area contributed by atoms with E-state index < -0.39 is 11.6 Å². The lowest BCUT2D eigenvalue weighted by Gasteiger charge is -2.36. The van der Waals surface area contributed by atoms with Gasteiger partial charge in [-0.05, 0) is 37.8 Å². The van der Waals surface area contributed by atoms with Crippen LogP contribution in [-0.4, -0.2) is 54.1 Å². The second-order valence-corrected chi connectivity index (χ2v) is 7.21. The largest absolute Gasteiger partial charge is 0.368 e. The fourth-order valence-corrected chi connectivity index (χ4v) is 3.96. The van der Waals surface area contributed by atoms with Gasteiger partial charge in [0.25, 0.3) is 0 Å². The Kier molecular flexibility index (Phi) is 5.48. The molecule has 1 aliphatic carbocycles. The molecule has 0 atom stereocenters. The minimum Gasteiger partial charge on any atom is -0.368 e. The zero-order valence-corrected chi connectivity index (χ0v) is 15.4. The molecule has 0 radical (unpaired) electrons. The van der Waals surface area contributed by atoms with Crippen LogP contribution in [0, 0.1) is 11.6 Å². The Hall–Kier alpha value is -2.28. The Morgan fingerprint density at radius 1 is 1.00 bits per heavy atom. The summed E-state index contributed by atoms with van der Waals surface area (Å²) in [4.78, 5) is 13.2. The third-order valence-corrected chi connectivity index (χ3v) is 5.47. The first-order valence-electron chi connectivity index (χ1n) is 9.70. The monoisotopic (exact) mass is 373 g/mol. The summed E-state index contributed by atoms with van der Waals surface area (Å²) in [7, 11) is 0. The number of hydrogen-bond acceptors (Lipinski definition) is 5. The number of anilines is 2. The van der Waals surface area contributed by atoms with Gasteiger partial charge in [0.2, 0.25) is 0 Å². The molecule has 27 heavy (non-hydrogen) atoms. The van der Waals surface area contributed by atoms with Gasteiger partial charge in [0.05, 0.1) is 5.69 Å². The predicted molar refractivity (Wildman–Crippen MR) is 102 cm³/mol. The maximum Gasteiger partial charge on any atom is 0.149 e. The van der Waals surface area contributed by atoms with Crippen LogP contribution in [0.3, 0.4) is 0 Å². The quantitative estimate of drug-likeness (QED) is 0.873. The summed E-state index contributed by atoms with van der Waals surface area (Å²) >= 11 is 0. The van der Waals surface area contributed by atoms with Gasteiger partial charge in [-0.25, -0.2) is 18.7 Å². The summed E-state index contributed by atoms with van der Waals surface area (Å²) in [6.45, 7) is 4.95. The van der Waals surface area contributed by atoms with Crippen LogP contribution in [0.25, 0.3) is 0 Å². The van der Waals surface area contributed by atoms with E-state index in [9.17, 15) is 8.78 Å². The average Bonchev–Trinajstić information content (AvgIpc) is 2.69. The molecule has 1 aliphatic heterocycles. The SMILES string of the molecule is Fc1ccc(N2CCN(CCNc3ncnc4c3CCCC4)CC2)c(F)c1. The summed E-state index contributed by atoms with van der Waals surface area (Å²) in [5.74, 6) is -0.0433. The number of hydrogen-bond donors (Lipinski definition) is 1. The van der Waals surface area contributed by atoms with Gasteiger partial charge >= 0.3 is 0 Å². The standard InChI is InChI=1S/C20H25F2N5/c21-15-5-6-19(17(22)13-15)27-11-9-26(10-12-27)8-7-23-20-16-3-1-2-4-18(16)24-14-25-20/h5-6,13-14H,1-4,7-12H2,(H,23,24,25). The lowest BCUT2D eigenvalue weighted by Crippen LogP contribution is -2.48. The Morgan fingerprint density at radius 3 is 2.63 bits per heavy atom. The molecule has 5 nitrogen and oxygen atoms in total. The first-order chi connectivity index (χ1) is 13.2. The lowest BCUT2D eigenvalue weighted by atomic mass is 9.96. The van der Waals surface area contributed by atoms with E-state index in [4.69, 9.17) is 0 Å². The van der Waals surface area contributed by atoms with Crippen LogP contribution in [0.5, 0.6) is 0 Å². The van der Waals surface area contributed by atoms with E-state index in [1.807, 2.05) is 4.90 Å². The molecule has 2 aliphatic rings. The number of piperazine rings is 1. The number of rotatable bonds is 5. The molecule has 1 N–H and O–H groups in total. The third-order valence-electron chi connectivity index (χ3n) is 5.47. The van der Waals surface area contributed by atoms with Crippen molar-refractivity contribution in [2.75, 3.05) is 49.5 Å². The van der Waals surface area contributed by atoms with Gasteiger partial charge in [-0.1, -0.05) is 0 Å². The van der Waals surface area contributed by atoms with Crippen molar-refractivity contribution in [2.24, 2.45) is 0 Å². The molecule has 0 spiro atoms. The third kappa shape index (κ3) is 4.18. The van der Waals surface area contributed by atoms with Crippen LogP contribution in [0.1, 0.15) is 24.1 Å². The molecule has 144 valence electrons. The minimum atomic E-state index is -0.534. The Bertz CT molecular complexity index is 790. The fraction of sp³-hybridized carbons (Fsp3) is 0.500. The first kappa shape index (κ1) is 18.1. The summed E-state index contributed by atoms with van der Waals surface area (Å²) in [6.07, 6.45) is 6.18. The van der Waals surface area contributed by atoms with Gasteiger partial charge in [-0.15, -0.1) is 0 Å². The maximum atomic E-state index is 13.9. The Balaban J connectivity index is 1.27. The highest BCUT2D eigenvalue weighted by Gasteiger charge is 2.20. The molecule has 0 saturated carbocycles. The van der Waals surface area contributed by atoms with Crippen molar-refractivity contribution in [3.8, 4) is 0 Å². The zero-order valence-electron chi connectivity index (χ0n) is 15.4. The van der Waals surface area contributed by atoms with E-state index in [1.165, 1.54) is 36.2 Å². The van der Waals surface area contributed by atoms with Gasteiger partial charge in [-0.2, -0.15) is 0 Å². The summed E-state index contributed by atoms with van der Waals surface area (Å²) in [5, 5.41) is 3.47.